The van der Waals surface area contributed by atoms with Gasteiger partial charge in [-0.15, -0.1) is 0 Å². The summed E-state index contributed by atoms with van der Waals surface area (Å²) >= 11 is 0. The molecule has 6 nitrogen and oxygen atoms in total. The molecule has 0 saturated heterocycles. The summed E-state index contributed by atoms with van der Waals surface area (Å²) in [5.41, 5.74) is 1.35. The van der Waals surface area contributed by atoms with Crippen LogP contribution >= 0.6 is 0 Å². The molecule has 0 aliphatic rings. The lowest BCUT2D eigenvalue weighted by atomic mass is 10.2. The minimum atomic E-state index is -0.780. The van der Waals surface area contributed by atoms with Crippen molar-refractivity contribution in [2.75, 3.05) is 23.8 Å². The van der Waals surface area contributed by atoms with E-state index in [-0.39, 0.29) is 0 Å². The van der Waals surface area contributed by atoms with Crippen LogP contribution in [-0.4, -0.2) is 28.2 Å². The molecule has 2 aromatic rings. The largest absolute Gasteiger partial charge is 0.492 e. The molecule has 0 saturated carbocycles. The van der Waals surface area contributed by atoms with Gasteiger partial charge in [0.05, 0.1) is 18.0 Å². The average Bonchev–Trinajstić information content (AvgIpc) is 2.62. The number of aromatic nitrogens is 2. The van der Waals surface area contributed by atoms with Gasteiger partial charge in [-0.05, 0) is 32.4 Å². The summed E-state index contributed by atoms with van der Waals surface area (Å²) in [5, 5.41) is 16.7. The third-order valence-corrected chi connectivity index (χ3v) is 3.41. The summed E-state index contributed by atoms with van der Waals surface area (Å²) in [7, 11) is 0. The Balaban J connectivity index is 2.33. The molecule has 134 valence electrons. The van der Waals surface area contributed by atoms with Crippen LogP contribution in [0.1, 0.15) is 39.0 Å². The number of rotatable bonds is 9. The normalized spacial score (nSPS) is 12.2. The fraction of sp³-hybridized carbons (Fsp3) is 0.368. The van der Waals surface area contributed by atoms with E-state index >= 15 is 0 Å². The predicted octanol–water partition coefficient (Wildman–Crippen LogP) is 4.05. The summed E-state index contributed by atoms with van der Waals surface area (Å²) in [6.45, 7) is 7.22. The summed E-state index contributed by atoms with van der Waals surface area (Å²) in [4.78, 5) is 8.88. The van der Waals surface area contributed by atoms with Gasteiger partial charge in [0, 0.05) is 12.6 Å². The van der Waals surface area contributed by atoms with Crippen LogP contribution in [0.5, 0.6) is 5.75 Å². The van der Waals surface area contributed by atoms with Gasteiger partial charge in [-0.1, -0.05) is 31.2 Å². The number of ether oxygens (including phenoxy) is 1. The number of hydrogen-bond acceptors (Lipinski definition) is 6. The Morgan fingerprint density at radius 2 is 2.04 bits per heavy atom. The van der Waals surface area contributed by atoms with Crippen molar-refractivity contribution < 1.29 is 9.84 Å². The number of hydrogen-bond donors (Lipinski definition) is 3. The third kappa shape index (κ3) is 5.46. The van der Waals surface area contributed by atoms with E-state index in [0.717, 1.165) is 24.4 Å². The van der Waals surface area contributed by atoms with Gasteiger partial charge in [0.2, 0.25) is 5.95 Å². The standard InChI is InChI=1S/C19H26N4O2/c1-4-9-16(24)15-13-18(23-19(22-15)20-12-5-2)21-14-10-7-8-11-17(14)25-6-3/h4,7-11,13,16,24H,5-6,12H2,1-3H3,(H2,20,21,22,23)/b9-4-. The number of aliphatic hydroxyl groups excluding tert-OH is 1. The van der Waals surface area contributed by atoms with Crippen molar-refractivity contribution in [2.45, 2.75) is 33.3 Å². The van der Waals surface area contributed by atoms with E-state index in [9.17, 15) is 5.11 Å². The highest BCUT2D eigenvalue weighted by atomic mass is 16.5. The fourth-order valence-corrected chi connectivity index (χ4v) is 2.27. The van der Waals surface area contributed by atoms with Gasteiger partial charge < -0.3 is 20.5 Å². The first-order valence-electron chi connectivity index (χ1n) is 8.60. The summed E-state index contributed by atoms with van der Waals surface area (Å²) < 4.78 is 5.64. The molecule has 0 bridgehead atoms. The minimum Gasteiger partial charge on any atom is -0.492 e. The van der Waals surface area contributed by atoms with Crippen molar-refractivity contribution in [3.8, 4) is 5.75 Å². The SMILES string of the molecule is C/C=C\C(O)c1cc(Nc2ccccc2OCC)nc(NCCC)n1. The molecule has 0 amide bonds. The molecule has 0 spiro atoms. The van der Waals surface area contributed by atoms with Gasteiger partial charge >= 0.3 is 0 Å². The lowest BCUT2D eigenvalue weighted by molar-refractivity contribution is 0.223. The number of benzene rings is 1. The van der Waals surface area contributed by atoms with Crippen LogP contribution in [0.3, 0.4) is 0 Å². The maximum Gasteiger partial charge on any atom is 0.224 e. The number of anilines is 3. The lowest BCUT2D eigenvalue weighted by Gasteiger charge is -2.14. The average molecular weight is 342 g/mol. The number of allylic oxidation sites excluding steroid dienone is 1. The third-order valence-electron chi connectivity index (χ3n) is 3.41. The highest BCUT2D eigenvalue weighted by Crippen LogP contribution is 2.28. The first kappa shape index (κ1) is 18.7. The number of aliphatic hydroxyl groups is 1. The quantitative estimate of drug-likeness (QED) is 0.597. The Bertz CT molecular complexity index is 704. The second-order valence-electron chi connectivity index (χ2n) is 5.45. The number of para-hydroxylation sites is 2. The summed E-state index contributed by atoms with van der Waals surface area (Å²) in [6, 6.07) is 9.42. The van der Waals surface area contributed by atoms with Gasteiger partial charge in [0.15, 0.2) is 0 Å². The molecule has 6 heteroatoms. The van der Waals surface area contributed by atoms with E-state index in [2.05, 4.69) is 27.5 Å². The van der Waals surface area contributed by atoms with Gasteiger partial charge in [-0.25, -0.2) is 4.98 Å². The van der Waals surface area contributed by atoms with Crippen LogP contribution in [0.25, 0.3) is 0 Å². The van der Waals surface area contributed by atoms with Crippen LogP contribution in [0.15, 0.2) is 42.5 Å². The highest BCUT2D eigenvalue weighted by Gasteiger charge is 2.12. The van der Waals surface area contributed by atoms with Crippen LogP contribution in [-0.2, 0) is 0 Å². The van der Waals surface area contributed by atoms with Crippen molar-refractivity contribution in [2.24, 2.45) is 0 Å². The molecule has 1 heterocycles. The first-order valence-corrected chi connectivity index (χ1v) is 8.60. The molecule has 1 aromatic heterocycles. The van der Waals surface area contributed by atoms with E-state index in [4.69, 9.17) is 4.74 Å². The molecule has 0 fully saturated rings. The Hall–Kier alpha value is -2.60. The molecular weight excluding hydrogens is 316 g/mol. The van der Waals surface area contributed by atoms with Crippen molar-refractivity contribution in [3.63, 3.8) is 0 Å². The van der Waals surface area contributed by atoms with E-state index in [1.807, 2.05) is 38.1 Å². The molecule has 0 aliphatic carbocycles. The Kier molecular flexibility index (Phi) is 7.22. The maximum atomic E-state index is 10.2. The zero-order valence-electron chi connectivity index (χ0n) is 15.0. The van der Waals surface area contributed by atoms with Crippen LogP contribution in [0.2, 0.25) is 0 Å². The van der Waals surface area contributed by atoms with Crippen molar-refractivity contribution >= 4 is 17.5 Å². The van der Waals surface area contributed by atoms with Crippen LogP contribution in [0.4, 0.5) is 17.5 Å². The Morgan fingerprint density at radius 1 is 1.24 bits per heavy atom. The van der Waals surface area contributed by atoms with E-state index in [1.165, 1.54) is 0 Å². The van der Waals surface area contributed by atoms with Crippen molar-refractivity contribution in [1.29, 1.82) is 0 Å². The van der Waals surface area contributed by atoms with E-state index in [1.54, 1.807) is 18.2 Å². The lowest BCUT2D eigenvalue weighted by Crippen LogP contribution is -2.09. The van der Waals surface area contributed by atoms with E-state index < -0.39 is 6.10 Å². The monoisotopic (exact) mass is 342 g/mol. The molecule has 1 atom stereocenters. The fourth-order valence-electron chi connectivity index (χ4n) is 2.27. The molecule has 25 heavy (non-hydrogen) atoms. The topological polar surface area (TPSA) is 79.3 Å². The first-order chi connectivity index (χ1) is 12.2. The van der Waals surface area contributed by atoms with Gasteiger partial charge in [-0.2, -0.15) is 4.98 Å². The highest BCUT2D eigenvalue weighted by molar-refractivity contribution is 5.64. The molecule has 1 unspecified atom stereocenters. The molecule has 2 rings (SSSR count). The summed E-state index contributed by atoms with van der Waals surface area (Å²) in [6.07, 6.45) is 3.66. The van der Waals surface area contributed by atoms with Gasteiger partial charge in [0.25, 0.3) is 0 Å². The second-order valence-corrected chi connectivity index (χ2v) is 5.45. The summed E-state index contributed by atoms with van der Waals surface area (Å²) in [5.74, 6) is 1.83. The Labute approximate surface area is 149 Å². The molecule has 0 radical (unpaired) electrons. The van der Waals surface area contributed by atoms with E-state index in [0.29, 0.717) is 24.1 Å². The molecule has 3 N–H and O–H groups in total. The Morgan fingerprint density at radius 3 is 2.76 bits per heavy atom. The number of nitrogens with zero attached hydrogens (tertiary/aromatic N) is 2. The minimum absolute atomic E-state index is 0.485. The molecular formula is C19H26N4O2. The maximum absolute atomic E-state index is 10.2. The van der Waals surface area contributed by atoms with Crippen molar-refractivity contribution in [1.82, 2.24) is 9.97 Å². The smallest absolute Gasteiger partial charge is 0.224 e. The zero-order valence-corrected chi connectivity index (χ0v) is 15.0. The van der Waals surface area contributed by atoms with Crippen LogP contribution < -0.4 is 15.4 Å². The number of nitrogens with one attached hydrogen (secondary N) is 2. The van der Waals surface area contributed by atoms with Gasteiger partial charge in [0.1, 0.15) is 17.7 Å². The predicted molar refractivity (Wildman–Crippen MR) is 101 cm³/mol. The molecule has 1 aromatic carbocycles. The second kappa shape index (κ2) is 9.64. The van der Waals surface area contributed by atoms with Crippen molar-refractivity contribution in [3.05, 3.63) is 48.2 Å². The zero-order chi connectivity index (χ0) is 18.1. The van der Waals surface area contributed by atoms with Crippen LogP contribution in [0, 0.1) is 0 Å². The molecule has 0 aliphatic heterocycles. The van der Waals surface area contributed by atoms with Gasteiger partial charge in [-0.3, -0.25) is 0 Å².